The van der Waals surface area contributed by atoms with E-state index in [9.17, 15) is 4.79 Å². The van der Waals surface area contributed by atoms with Gasteiger partial charge in [0.25, 0.3) is 0 Å². The van der Waals surface area contributed by atoms with E-state index in [0.29, 0.717) is 5.75 Å². The van der Waals surface area contributed by atoms with E-state index >= 15 is 0 Å². The second kappa shape index (κ2) is 4.65. The van der Waals surface area contributed by atoms with E-state index in [2.05, 4.69) is 6.92 Å². The van der Waals surface area contributed by atoms with Gasteiger partial charge >= 0.3 is 5.97 Å². The van der Waals surface area contributed by atoms with Crippen molar-refractivity contribution in [3.63, 3.8) is 0 Å². The Morgan fingerprint density at radius 1 is 1.43 bits per heavy atom. The molecule has 0 amide bonds. The summed E-state index contributed by atoms with van der Waals surface area (Å²) in [5, 5.41) is 8.62. The van der Waals surface area contributed by atoms with Crippen LogP contribution in [0.3, 0.4) is 0 Å². The van der Waals surface area contributed by atoms with E-state index in [-0.39, 0.29) is 0 Å². The van der Waals surface area contributed by atoms with Crippen molar-refractivity contribution in [2.45, 2.75) is 26.4 Å². The molecule has 1 rings (SSSR count). The van der Waals surface area contributed by atoms with Crippen LogP contribution in [0.15, 0.2) is 24.3 Å². The quantitative estimate of drug-likeness (QED) is 0.798. The van der Waals surface area contributed by atoms with Gasteiger partial charge in [0.1, 0.15) is 5.75 Å². The SMILES string of the molecule is CCc1ccc(O[C@@H](C)C(=O)O)cc1. The predicted molar refractivity (Wildman–Crippen MR) is 53.5 cm³/mol. The molecule has 0 fully saturated rings. The van der Waals surface area contributed by atoms with E-state index in [1.54, 1.807) is 12.1 Å². The highest BCUT2D eigenvalue weighted by molar-refractivity contribution is 5.72. The molecule has 0 aliphatic rings. The highest BCUT2D eigenvalue weighted by Gasteiger charge is 2.11. The highest BCUT2D eigenvalue weighted by Crippen LogP contribution is 2.14. The number of hydrogen-bond acceptors (Lipinski definition) is 2. The molecule has 1 atom stereocenters. The molecule has 1 N–H and O–H groups in total. The maximum atomic E-state index is 10.5. The number of carboxylic acids is 1. The monoisotopic (exact) mass is 194 g/mol. The summed E-state index contributed by atoms with van der Waals surface area (Å²) in [7, 11) is 0. The lowest BCUT2D eigenvalue weighted by Gasteiger charge is -2.10. The molecular weight excluding hydrogens is 180 g/mol. The molecule has 0 spiro atoms. The van der Waals surface area contributed by atoms with Gasteiger partial charge < -0.3 is 9.84 Å². The Morgan fingerprint density at radius 3 is 2.43 bits per heavy atom. The maximum absolute atomic E-state index is 10.5. The van der Waals surface area contributed by atoms with Gasteiger partial charge in [0.15, 0.2) is 6.10 Å². The molecule has 0 bridgehead atoms. The molecule has 0 unspecified atom stereocenters. The Kier molecular flexibility index (Phi) is 3.51. The van der Waals surface area contributed by atoms with E-state index in [4.69, 9.17) is 9.84 Å². The zero-order valence-electron chi connectivity index (χ0n) is 8.36. The fraction of sp³-hybridized carbons (Fsp3) is 0.364. The third kappa shape index (κ3) is 2.76. The maximum Gasteiger partial charge on any atom is 0.344 e. The van der Waals surface area contributed by atoms with Crippen molar-refractivity contribution in [2.75, 3.05) is 0 Å². The van der Waals surface area contributed by atoms with Gasteiger partial charge in [-0.1, -0.05) is 19.1 Å². The van der Waals surface area contributed by atoms with Crippen LogP contribution in [0, 0.1) is 0 Å². The standard InChI is InChI=1S/C11H14O3/c1-3-9-4-6-10(7-5-9)14-8(2)11(12)13/h4-8H,3H2,1-2H3,(H,12,13)/t8-/m0/s1. The van der Waals surface area contributed by atoms with Crippen molar-refractivity contribution in [1.82, 2.24) is 0 Å². The van der Waals surface area contributed by atoms with Crippen LogP contribution < -0.4 is 4.74 Å². The lowest BCUT2D eigenvalue weighted by molar-refractivity contribution is -0.144. The summed E-state index contributed by atoms with van der Waals surface area (Å²) in [4.78, 5) is 10.5. The number of aliphatic carboxylic acids is 1. The molecule has 76 valence electrons. The molecule has 0 radical (unpaired) electrons. The molecule has 3 nitrogen and oxygen atoms in total. The van der Waals surface area contributed by atoms with E-state index < -0.39 is 12.1 Å². The van der Waals surface area contributed by atoms with Gasteiger partial charge in [-0.3, -0.25) is 0 Å². The normalized spacial score (nSPS) is 12.1. The van der Waals surface area contributed by atoms with Gasteiger partial charge in [-0.25, -0.2) is 4.79 Å². The first-order valence-electron chi connectivity index (χ1n) is 4.62. The van der Waals surface area contributed by atoms with Gasteiger partial charge in [-0.15, -0.1) is 0 Å². The van der Waals surface area contributed by atoms with Crippen LogP contribution in [0.2, 0.25) is 0 Å². The Balaban J connectivity index is 2.64. The molecule has 0 saturated carbocycles. The number of carboxylic acid groups (broad SMARTS) is 1. The highest BCUT2D eigenvalue weighted by atomic mass is 16.5. The van der Waals surface area contributed by atoms with Crippen molar-refractivity contribution in [3.05, 3.63) is 29.8 Å². The van der Waals surface area contributed by atoms with Crippen molar-refractivity contribution in [1.29, 1.82) is 0 Å². The smallest absolute Gasteiger partial charge is 0.344 e. The molecule has 3 heteroatoms. The van der Waals surface area contributed by atoms with Crippen LogP contribution in [0.4, 0.5) is 0 Å². The Hall–Kier alpha value is -1.51. The molecule has 0 aromatic heterocycles. The van der Waals surface area contributed by atoms with Crippen LogP contribution >= 0.6 is 0 Å². The van der Waals surface area contributed by atoms with E-state index in [1.807, 2.05) is 12.1 Å². The fourth-order valence-electron chi connectivity index (χ4n) is 1.06. The Morgan fingerprint density at radius 2 is 2.00 bits per heavy atom. The summed E-state index contributed by atoms with van der Waals surface area (Å²) in [6, 6.07) is 7.45. The second-order valence-corrected chi connectivity index (χ2v) is 3.10. The van der Waals surface area contributed by atoms with E-state index in [0.717, 1.165) is 6.42 Å². The van der Waals surface area contributed by atoms with Crippen LogP contribution in [0.25, 0.3) is 0 Å². The average Bonchev–Trinajstić information content (AvgIpc) is 2.19. The third-order valence-corrected chi connectivity index (χ3v) is 1.99. The number of aryl methyl sites for hydroxylation is 1. The van der Waals surface area contributed by atoms with Gasteiger partial charge in [-0.2, -0.15) is 0 Å². The predicted octanol–water partition coefficient (Wildman–Crippen LogP) is 2.10. The first kappa shape index (κ1) is 10.6. The lowest BCUT2D eigenvalue weighted by Crippen LogP contribution is -2.22. The number of ether oxygens (including phenoxy) is 1. The summed E-state index contributed by atoms with van der Waals surface area (Å²) >= 11 is 0. The lowest BCUT2D eigenvalue weighted by atomic mass is 10.2. The van der Waals surface area contributed by atoms with Crippen LogP contribution in [0.1, 0.15) is 19.4 Å². The molecule has 0 aliphatic heterocycles. The topological polar surface area (TPSA) is 46.5 Å². The van der Waals surface area contributed by atoms with Crippen molar-refractivity contribution in [3.8, 4) is 5.75 Å². The number of benzene rings is 1. The number of carbonyl (C=O) groups is 1. The van der Waals surface area contributed by atoms with E-state index in [1.165, 1.54) is 12.5 Å². The van der Waals surface area contributed by atoms with Crippen molar-refractivity contribution in [2.24, 2.45) is 0 Å². The zero-order valence-corrected chi connectivity index (χ0v) is 8.36. The summed E-state index contributed by atoms with van der Waals surface area (Å²) in [6.07, 6.45) is 0.164. The summed E-state index contributed by atoms with van der Waals surface area (Å²) in [5.41, 5.74) is 1.21. The molecule has 1 aromatic carbocycles. The van der Waals surface area contributed by atoms with Crippen LogP contribution in [-0.2, 0) is 11.2 Å². The number of hydrogen-bond donors (Lipinski definition) is 1. The fourth-order valence-corrected chi connectivity index (χ4v) is 1.06. The molecule has 0 aliphatic carbocycles. The minimum absolute atomic E-state index is 0.595. The van der Waals surface area contributed by atoms with Gasteiger partial charge in [0.05, 0.1) is 0 Å². The largest absolute Gasteiger partial charge is 0.479 e. The molecule has 0 saturated heterocycles. The van der Waals surface area contributed by atoms with Gasteiger partial charge in [0.2, 0.25) is 0 Å². The van der Waals surface area contributed by atoms with Gasteiger partial charge in [0, 0.05) is 0 Å². The number of rotatable bonds is 4. The molecule has 14 heavy (non-hydrogen) atoms. The molecular formula is C11H14O3. The second-order valence-electron chi connectivity index (χ2n) is 3.10. The Bertz CT molecular complexity index is 303. The summed E-state index contributed by atoms with van der Waals surface area (Å²) < 4.78 is 5.18. The first-order valence-corrected chi connectivity index (χ1v) is 4.62. The first-order chi connectivity index (χ1) is 6.63. The summed E-state index contributed by atoms with van der Waals surface area (Å²) in [6.45, 7) is 3.58. The van der Waals surface area contributed by atoms with Gasteiger partial charge in [-0.05, 0) is 31.0 Å². The third-order valence-electron chi connectivity index (χ3n) is 1.99. The minimum Gasteiger partial charge on any atom is -0.479 e. The summed E-state index contributed by atoms with van der Waals surface area (Å²) in [5.74, 6) is -0.360. The average molecular weight is 194 g/mol. The zero-order chi connectivity index (χ0) is 10.6. The minimum atomic E-state index is -0.954. The van der Waals surface area contributed by atoms with Crippen LogP contribution in [0.5, 0.6) is 5.75 Å². The molecule has 1 aromatic rings. The van der Waals surface area contributed by atoms with Crippen molar-refractivity contribution < 1.29 is 14.6 Å². The van der Waals surface area contributed by atoms with Crippen LogP contribution in [-0.4, -0.2) is 17.2 Å². The Labute approximate surface area is 83.3 Å². The van der Waals surface area contributed by atoms with Crippen molar-refractivity contribution >= 4 is 5.97 Å². The molecule has 0 heterocycles.